The van der Waals surface area contributed by atoms with E-state index in [9.17, 15) is 0 Å². The normalized spacial score (nSPS) is 19.9. The Hall–Kier alpha value is -0.340. The van der Waals surface area contributed by atoms with E-state index in [4.69, 9.17) is 0 Å². The van der Waals surface area contributed by atoms with E-state index in [0.717, 1.165) is 6.42 Å². The third kappa shape index (κ3) is 5.66. The molecule has 0 amide bonds. The molecule has 1 aliphatic rings. The minimum Gasteiger partial charge on any atom is -0.301 e. The first-order valence-corrected chi connectivity index (χ1v) is 6.57. The average molecular weight is 224 g/mol. The summed E-state index contributed by atoms with van der Waals surface area (Å²) in [7, 11) is 0. The first-order chi connectivity index (χ1) is 7.51. The standard InChI is InChI=1S/C14H28N2/c1-5-6-8-15-10-12-16(13-11-15)9-7-14(2,3)4/h5H,1,6-13H2,2-4H3. The Kier molecular flexibility index (Phi) is 5.50. The third-order valence-corrected chi connectivity index (χ3v) is 3.29. The maximum Gasteiger partial charge on any atom is 0.0110 e. The highest BCUT2D eigenvalue weighted by Crippen LogP contribution is 2.19. The topological polar surface area (TPSA) is 6.48 Å². The monoisotopic (exact) mass is 224 g/mol. The zero-order valence-corrected chi connectivity index (χ0v) is 11.3. The fourth-order valence-electron chi connectivity index (χ4n) is 2.00. The predicted molar refractivity (Wildman–Crippen MR) is 71.8 cm³/mol. The molecule has 1 rings (SSSR count). The van der Waals surface area contributed by atoms with Crippen LogP contribution >= 0.6 is 0 Å². The lowest BCUT2D eigenvalue weighted by Crippen LogP contribution is -2.47. The molecule has 1 saturated heterocycles. The molecule has 0 unspecified atom stereocenters. The number of hydrogen-bond donors (Lipinski definition) is 0. The van der Waals surface area contributed by atoms with Crippen molar-refractivity contribution in [2.45, 2.75) is 33.6 Å². The summed E-state index contributed by atoms with van der Waals surface area (Å²) >= 11 is 0. The van der Waals surface area contributed by atoms with Crippen molar-refractivity contribution in [3.05, 3.63) is 12.7 Å². The van der Waals surface area contributed by atoms with Gasteiger partial charge < -0.3 is 9.80 Å². The Balaban J connectivity index is 2.14. The number of hydrogen-bond acceptors (Lipinski definition) is 2. The van der Waals surface area contributed by atoms with Gasteiger partial charge in [0.1, 0.15) is 0 Å². The predicted octanol–water partition coefficient (Wildman–Crippen LogP) is 2.62. The van der Waals surface area contributed by atoms with Gasteiger partial charge in [-0.2, -0.15) is 0 Å². The molecule has 0 aromatic heterocycles. The quantitative estimate of drug-likeness (QED) is 0.662. The van der Waals surface area contributed by atoms with Crippen LogP contribution in [0.2, 0.25) is 0 Å². The van der Waals surface area contributed by atoms with Crippen LogP contribution in [0, 0.1) is 5.41 Å². The minimum absolute atomic E-state index is 0.472. The molecule has 0 aromatic rings. The molecule has 2 nitrogen and oxygen atoms in total. The summed E-state index contributed by atoms with van der Waals surface area (Å²) in [5.74, 6) is 0. The lowest BCUT2D eigenvalue weighted by molar-refractivity contribution is 0.122. The van der Waals surface area contributed by atoms with Gasteiger partial charge in [-0.1, -0.05) is 26.8 Å². The average Bonchev–Trinajstić information content (AvgIpc) is 2.24. The van der Waals surface area contributed by atoms with Crippen molar-refractivity contribution in [1.29, 1.82) is 0 Å². The molecule has 0 aliphatic carbocycles. The SMILES string of the molecule is C=CCCN1CCN(CCC(C)(C)C)CC1. The number of nitrogens with zero attached hydrogens (tertiary/aromatic N) is 2. The van der Waals surface area contributed by atoms with E-state index in [2.05, 4.69) is 37.1 Å². The Morgan fingerprint density at radius 2 is 1.50 bits per heavy atom. The highest BCUT2D eigenvalue weighted by molar-refractivity contribution is 4.76. The lowest BCUT2D eigenvalue weighted by Gasteiger charge is -2.35. The molecule has 0 saturated carbocycles. The van der Waals surface area contributed by atoms with Gasteiger partial charge in [-0.3, -0.25) is 0 Å². The molecule has 0 aromatic carbocycles. The van der Waals surface area contributed by atoms with Gasteiger partial charge in [-0.25, -0.2) is 0 Å². The molecule has 16 heavy (non-hydrogen) atoms. The second-order valence-corrected chi connectivity index (χ2v) is 6.07. The smallest absolute Gasteiger partial charge is 0.0110 e. The second kappa shape index (κ2) is 6.41. The number of piperazine rings is 1. The molecule has 0 atom stereocenters. The molecule has 2 heteroatoms. The van der Waals surface area contributed by atoms with E-state index in [1.165, 1.54) is 45.7 Å². The van der Waals surface area contributed by atoms with Crippen molar-refractivity contribution < 1.29 is 0 Å². The van der Waals surface area contributed by atoms with Crippen LogP contribution in [0.4, 0.5) is 0 Å². The van der Waals surface area contributed by atoms with Gasteiger partial charge in [-0.15, -0.1) is 6.58 Å². The van der Waals surface area contributed by atoms with Crippen molar-refractivity contribution in [3.63, 3.8) is 0 Å². The Morgan fingerprint density at radius 1 is 1.00 bits per heavy atom. The third-order valence-electron chi connectivity index (χ3n) is 3.29. The fraction of sp³-hybridized carbons (Fsp3) is 0.857. The van der Waals surface area contributed by atoms with Crippen LogP contribution in [0.1, 0.15) is 33.6 Å². The summed E-state index contributed by atoms with van der Waals surface area (Å²) in [6.45, 7) is 18.2. The van der Waals surface area contributed by atoms with E-state index in [1.807, 2.05) is 6.08 Å². The molecular weight excluding hydrogens is 196 g/mol. The molecular formula is C14H28N2. The van der Waals surface area contributed by atoms with Crippen molar-refractivity contribution >= 4 is 0 Å². The fourth-order valence-corrected chi connectivity index (χ4v) is 2.00. The highest BCUT2D eigenvalue weighted by atomic mass is 15.3. The van der Waals surface area contributed by atoms with Crippen LogP contribution in [-0.2, 0) is 0 Å². The van der Waals surface area contributed by atoms with Crippen LogP contribution in [0.25, 0.3) is 0 Å². The van der Waals surface area contributed by atoms with Crippen molar-refractivity contribution in [2.75, 3.05) is 39.3 Å². The first kappa shape index (κ1) is 13.7. The summed E-state index contributed by atoms with van der Waals surface area (Å²) in [5, 5.41) is 0. The summed E-state index contributed by atoms with van der Waals surface area (Å²) in [4.78, 5) is 5.16. The molecule has 94 valence electrons. The van der Waals surface area contributed by atoms with Crippen molar-refractivity contribution in [2.24, 2.45) is 5.41 Å². The Morgan fingerprint density at radius 3 is 1.94 bits per heavy atom. The summed E-state index contributed by atoms with van der Waals surface area (Å²) in [5.41, 5.74) is 0.472. The molecule has 0 spiro atoms. The Bertz CT molecular complexity index is 197. The summed E-state index contributed by atoms with van der Waals surface area (Å²) in [6, 6.07) is 0. The van der Waals surface area contributed by atoms with Crippen LogP contribution in [0.5, 0.6) is 0 Å². The van der Waals surface area contributed by atoms with Crippen molar-refractivity contribution in [1.82, 2.24) is 9.80 Å². The lowest BCUT2D eigenvalue weighted by atomic mass is 9.92. The summed E-state index contributed by atoms with van der Waals surface area (Å²) in [6.07, 6.45) is 4.45. The van der Waals surface area contributed by atoms with Crippen LogP contribution in [-0.4, -0.2) is 49.1 Å². The van der Waals surface area contributed by atoms with Crippen LogP contribution in [0.15, 0.2) is 12.7 Å². The first-order valence-electron chi connectivity index (χ1n) is 6.57. The van der Waals surface area contributed by atoms with E-state index < -0.39 is 0 Å². The van der Waals surface area contributed by atoms with Crippen LogP contribution in [0.3, 0.4) is 0 Å². The Labute approximate surface area is 101 Å². The number of rotatable bonds is 5. The van der Waals surface area contributed by atoms with E-state index in [0.29, 0.717) is 5.41 Å². The van der Waals surface area contributed by atoms with Gasteiger partial charge >= 0.3 is 0 Å². The second-order valence-electron chi connectivity index (χ2n) is 6.07. The largest absolute Gasteiger partial charge is 0.301 e. The maximum absolute atomic E-state index is 3.78. The van der Waals surface area contributed by atoms with Gasteiger partial charge in [0.05, 0.1) is 0 Å². The molecule has 1 heterocycles. The molecule has 0 N–H and O–H groups in total. The molecule has 0 radical (unpaired) electrons. The van der Waals surface area contributed by atoms with E-state index in [1.54, 1.807) is 0 Å². The van der Waals surface area contributed by atoms with Gasteiger partial charge in [0, 0.05) is 32.7 Å². The van der Waals surface area contributed by atoms with E-state index in [-0.39, 0.29) is 0 Å². The minimum atomic E-state index is 0.472. The van der Waals surface area contributed by atoms with Gasteiger partial charge in [0.2, 0.25) is 0 Å². The highest BCUT2D eigenvalue weighted by Gasteiger charge is 2.18. The van der Waals surface area contributed by atoms with Gasteiger partial charge in [-0.05, 0) is 24.8 Å². The molecule has 1 aliphatic heterocycles. The maximum atomic E-state index is 3.78. The van der Waals surface area contributed by atoms with Gasteiger partial charge in [0.15, 0.2) is 0 Å². The van der Waals surface area contributed by atoms with Crippen LogP contribution < -0.4 is 0 Å². The molecule has 1 fully saturated rings. The van der Waals surface area contributed by atoms with Gasteiger partial charge in [0.25, 0.3) is 0 Å². The zero-order chi connectivity index (χ0) is 12.0. The van der Waals surface area contributed by atoms with Crippen molar-refractivity contribution in [3.8, 4) is 0 Å². The van der Waals surface area contributed by atoms with E-state index >= 15 is 0 Å². The zero-order valence-electron chi connectivity index (χ0n) is 11.3. The summed E-state index contributed by atoms with van der Waals surface area (Å²) < 4.78 is 0. The molecule has 0 bridgehead atoms.